The lowest BCUT2D eigenvalue weighted by Gasteiger charge is -2.28. The molecule has 2 bridgehead atoms. The zero-order valence-corrected chi connectivity index (χ0v) is 6.90. The fourth-order valence-electron chi connectivity index (χ4n) is 1.83. The van der Waals surface area contributed by atoms with Gasteiger partial charge in [0.15, 0.2) is 0 Å². The van der Waals surface area contributed by atoms with Crippen molar-refractivity contribution >= 4 is 7.85 Å². The third-order valence-electron chi connectivity index (χ3n) is 2.45. The Kier molecular flexibility index (Phi) is 1.91. The molecule has 2 rings (SSSR count). The first kappa shape index (κ1) is 8.50. The Bertz CT molecular complexity index is 188. The van der Waals surface area contributed by atoms with Gasteiger partial charge < -0.3 is 19.3 Å². The van der Waals surface area contributed by atoms with E-state index >= 15 is 0 Å². The average Bonchev–Trinajstić information content (AvgIpc) is 2.41. The summed E-state index contributed by atoms with van der Waals surface area (Å²) < 4.78 is 15.6. The van der Waals surface area contributed by atoms with Crippen molar-refractivity contribution in [2.75, 3.05) is 20.3 Å². The van der Waals surface area contributed by atoms with E-state index in [-0.39, 0.29) is 6.10 Å². The molecule has 0 aromatic rings. The van der Waals surface area contributed by atoms with Crippen LogP contribution in [-0.2, 0) is 14.2 Å². The van der Waals surface area contributed by atoms with Crippen LogP contribution >= 0.6 is 0 Å². The molecule has 2 radical (unpaired) electrons. The predicted octanol–water partition coefficient (Wildman–Crippen LogP) is -1.34. The van der Waals surface area contributed by atoms with E-state index in [0.717, 1.165) is 0 Å². The lowest BCUT2D eigenvalue weighted by molar-refractivity contribution is -0.142. The molecule has 2 heterocycles. The van der Waals surface area contributed by atoms with E-state index in [1.54, 1.807) is 7.11 Å². The van der Waals surface area contributed by atoms with Crippen molar-refractivity contribution in [2.24, 2.45) is 0 Å². The van der Waals surface area contributed by atoms with Crippen LogP contribution in [0.3, 0.4) is 0 Å². The zero-order chi connectivity index (χ0) is 8.77. The molecule has 0 aromatic carbocycles. The van der Waals surface area contributed by atoms with E-state index in [2.05, 4.69) is 0 Å². The van der Waals surface area contributed by atoms with Crippen LogP contribution in [-0.4, -0.2) is 57.1 Å². The maximum Gasteiger partial charge on any atom is 0.142 e. The van der Waals surface area contributed by atoms with Gasteiger partial charge in [-0.3, -0.25) is 0 Å². The normalized spacial score (nSPS) is 51.7. The largest absolute Gasteiger partial charge is 0.387 e. The number of hydrogen-bond donors (Lipinski definition) is 1. The summed E-state index contributed by atoms with van der Waals surface area (Å²) in [5.74, 6) is 0. The standard InChI is InChI=1S/C7H11BO4/c1-10-2-7-3-11-4(5(7)9)6(8)12-7/h4-6,9H,2-3H2,1H3/t4-,5+,6-,7+/m1/s1. The summed E-state index contributed by atoms with van der Waals surface area (Å²) >= 11 is 0. The third-order valence-corrected chi connectivity index (χ3v) is 2.45. The second-order valence-electron chi connectivity index (χ2n) is 3.30. The molecule has 0 aromatic heterocycles. The number of fused-ring (bicyclic) bond motifs is 2. The van der Waals surface area contributed by atoms with Crippen molar-refractivity contribution in [2.45, 2.75) is 23.8 Å². The zero-order valence-electron chi connectivity index (χ0n) is 6.90. The van der Waals surface area contributed by atoms with Crippen molar-refractivity contribution in [3.63, 3.8) is 0 Å². The SMILES string of the molecule is [B][C@@H]1O[C@@]2(COC)CO[C@@H]1[C@@H]2O. The summed E-state index contributed by atoms with van der Waals surface area (Å²) in [6.07, 6.45) is -1.05. The second-order valence-corrected chi connectivity index (χ2v) is 3.30. The van der Waals surface area contributed by atoms with Gasteiger partial charge in [0.25, 0.3) is 0 Å². The molecular weight excluding hydrogens is 159 g/mol. The molecule has 2 aliphatic heterocycles. The molecule has 4 atom stereocenters. The minimum atomic E-state index is -0.723. The topological polar surface area (TPSA) is 47.9 Å². The predicted molar refractivity (Wildman–Crippen MR) is 41.0 cm³/mol. The maximum absolute atomic E-state index is 9.67. The van der Waals surface area contributed by atoms with E-state index in [1.807, 2.05) is 0 Å². The van der Waals surface area contributed by atoms with Gasteiger partial charge in [-0.1, -0.05) is 0 Å². The van der Waals surface area contributed by atoms with Crippen LogP contribution in [0, 0.1) is 0 Å². The molecule has 5 heteroatoms. The molecule has 0 aliphatic carbocycles. The van der Waals surface area contributed by atoms with E-state index in [9.17, 15) is 5.11 Å². The molecule has 2 fully saturated rings. The minimum Gasteiger partial charge on any atom is -0.387 e. The highest BCUT2D eigenvalue weighted by molar-refractivity contribution is 6.11. The molecular formula is C7H11BO4. The van der Waals surface area contributed by atoms with Crippen molar-refractivity contribution in [3.05, 3.63) is 0 Å². The van der Waals surface area contributed by atoms with Gasteiger partial charge in [-0.15, -0.1) is 0 Å². The number of methoxy groups -OCH3 is 1. The van der Waals surface area contributed by atoms with Crippen molar-refractivity contribution in [1.29, 1.82) is 0 Å². The van der Waals surface area contributed by atoms with Crippen LogP contribution in [0.4, 0.5) is 0 Å². The smallest absolute Gasteiger partial charge is 0.142 e. The Morgan fingerprint density at radius 2 is 2.50 bits per heavy atom. The quantitative estimate of drug-likeness (QED) is 0.521. The Hall–Kier alpha value is -0.0951. The minimum absolute atomic E-state index is 0.318. The second kappa shape index (κ2) is 2.70. The lowest BCUT2D eigenvalue weighted by Crippen LogP contribution is -2.45. The Balaban J connectivity index is 2.15. The molecule has 0 saturated carbocycles. The van der Waals surface area contributed by atoms with Gasteiger partial charge in [-0.05, 0) is 0 Å². The number of rotatable bonds is 2. The van der Waals surface area contributed by atoms with Gasteiger partial charge in [0.05, 0.1) is 13.2 Å². The summed E-state index contributed by atoms with van der Waals surface area (Å²) in [6, 6.07) is -0.524. The average molecular weight is 170 g/mol. The van der Waals surface area contributed by atoms with E-state index in [1.165, 1.54) is 0 Å². The van der Waals surface area contributed by atoms with Gasteiger partial charge in [-0.25, -0.2) is 0 Å². The highest BCUT2D eigenvalue weighted by Crippen LogP contribution is 2.38. The first-order chi connectivity index (χ1) is 5.69. The molecule has 4 nitrogen and oxygen atoms in total. The third kappa shape index (κ3) is 0.940. The highest BCUT2D eigenvalue weighted by atomic mass is 16.6. The number of ether oxygens (including phenoxy) is 3. The van der Waals surface area contributed by atoms with Crippen LogP contribution in [0.1, 0.15) is 0 Å². The molecule has 66 valence electrons. The lowest BCUT2D eigenvalue weighted by atomic mass is 9.92. The summed E-state index contributed by atoms with van der Waals surface area (Å²) in [5, 5.41) is 9.67. The van der Waals surface area contributed by atoms with Gasteiger partial charge in [0.2, 0.25) is 0 Å². The van der Waals surface area contributed by atoms with Gasteiger partial charge in [0, 0.05) is 13.1 Å². The molecule has 12 heavy (non-hydrogen) atoms. The number of hydrogen-bond acceptors (Lipinski definition) is 4. The van der Waals surface area contributed by atoms with Crippen LogP contribution in [0.25, 0.3) is 0 Å². The summed E-state index contributed by atoms with van der Waals surface area (Å²) in [5.41, 5.74) is -0.723. The number of aliphatic hydroxyl groups excluding tert-OH is 1. The molecule has 2 aliphatic rings. The van der Waals surface area contributed by atoms with E-state index in [0.29, 0.717) is 13.2 Å². The monoisotopic (exact) mass is 170 g/mol. The van der Waals surface area contributed by atoms with Crippen LogP contribution in [0.5, 0.6) is 0 Å². The van der Waals surface area contributed by atoms with Crippen LogP contribution < -0.4 is 0 Å². The van der Waals surface area contributed by atoms with Crippen molar-refractivity contribution in [1.82, 2.24) is 0 Å². The fourth-order valence-corrected chi connectivity index (χ4v) is 1.83. The Morgan fingerprint density at radius 3 is 2.92 bits per heavy atom. The Morgan fingerprint density at radius 1 is 1.75 bits per heavy atom. The molecule has 0 amide bonds. The first-order valence-electron chi connectivity index (χ1n) is 3.92. The van der Waals surface area contributed by atoms with Gasteiger partial charge in [-0.2, -0.15) is 0 Å². The molecule has 0 spiro atoms. The summed E-state index contributed by atoms with van der Waals surface area (Å²) in [4.78, 5) is 0. The fraction of sp³-hybridized carbons (Fsp3) is 1.00. The van der Waals surface area contributed by atoms with E-state index < -0.39 is 17.7 Å². The highest BCUT2D eigenvalue weighted by Gasteiger charge is 2.59. The number of aliphatic hydroxyl groups is 1. The summed E-state index contributed by atoms with van der Waals surface area (Å²) in [7, 11) is 7.12. The van der Waals surface area contributed by atoms with Gasteiger partial charge in [0.1, 0.15) is 25.7 Å². The van der Waals surface area contributed by atoms with Gasteiger partial charge >= 0.3 is 0 Å². The molecule has 0 unspecified atom stereocenters. The van der Waals surface area contributed by atoms with Crippen LogP contribution in [0.2, 0.25) is 0 Å². The van der Waals surface area contributed by atoms with Crippen molar-refractivity contribution in [3.8, 4) is 0 Å². The summed E-state index contributed by atoms with van der Waals surface area (Å²) in [6.45, 7) is 0.679. The van der Waals surface area contributed by atoms with E-state index in [4.69, 9.17) is 22.1 Å². The molecule has 1 N–H and O–H groups in total. The molecule has 2 saturated heterocycles. The van der Waals surface area contributed by atoms with Crippen LogP contribution in [0.15, 0.2) is 0 Å². The maximum atomic E-state index is 9.67. The first-order valence-corrected chi connectivity index (χ1v) is 3.92. The van der Waals surface area contributed by atoms with Crippen molar-refractivity contribution < 1.29 is 19.3 Å². The Labute approximate surface area is 72.2 Å².